The summed E-state index contributed by atoms with van der Waals surface area (Å²) in [5.41, 5.74) is 7.97. The van der Waals surface area contributed by atoms with Crippen molar-refractivity contribution in [1.29, 1.82) is 0 Å². The molecule has 2 N–H and O–H groups in total. The van der Waals surface area contributed by atoms with Gasteiger partial charge < -0.3 is 10.2 Å². The van der Waals surface area contributed by atoms with Gasteiger partial charge in [-0.2, -0.15) is 0 Å². The van der Waals surface area contributed by atoms with Gasteiger partial charge in [0.15, 0.2) is 11.6 Å². The highest BCUT2D eigenvalue weighted by atomic mass is 16.3. The van der Waals surface area contributed by atoms with E-state index in [0.717, 1.165) is 29.2 Å². The van der Waals surface area contributed by atoms with Crippen LogP contribution >= 0.6 is 0 Å². The Kier molecular flexibility index (Phi) is 2.64. The lowest BCUT2D eigenvalue weighted by Crippen LogP contribution is -2.18. The molecule has 4 heteroatoms. The lowest BCUT2D eigenvalue weighted by Gasteiger charge is -2.01. The zero-order chi connectivity index (χ0) is 12.5. The first kappa shape index (κ1) is 11.0. The summed E-state index contributed by atoms with van der Waals surface area (Å²) in [6.45, 7) is 1.99. The van der Waals surface area contributed by atoms with Crippen LogP contribution in [-0.4, -0.2) is 15.4 Å². The SMILES string of the molecule is CC(N)Cc1nc(-c2ccco2)n2ccccc12. The van der Waals surface area contributed by atoms with Gasteiger partial charge in [-0.05, 0) is 31.2 Å². The number of nitrogens with two attached hydrogens (primary N) is 1. The zero-order valence-corrected chi connectivity index (χ0v) is 10.2. The molecule has 0 saturated carbocycles. The van der Waals surface area contributed by atoms with Gasteiger partial charge in [-0.1, -0.05) is 6.07 Å². The Morgan fingerprint density at radius 2 is 2.22 bits per heavy atom. The molecule has 0 fully saturated rings. The molecular formula is C14H15N3O. The average Bonchev–Trinajstić information content (AvgIpc) is 2.96. The molecule has 0 amide bonds. The summed E-state index contributed by atoms with van der Waals surface area (Å²) in [7, 11) is 0. The molecule has 3 rings (SSSR count). The third-order valence-corrected chi connectivity index (χ3v) is 2.88. The summed E-state index contributed by atoms with van der Waals surface area (Å²) < 4.78 is 7.47. The van der Waals surface area contributed by atoms with Crippen LogP contribution in [0.1, 0.15) is 12.6 Å². The lowest BCUT2D eigenvalue weighted by atomic mass is 10.2. The van der Waals surface area contributed by atoms with Crippen LogP contribution in [-0.2, 0) is 6.42 Å². The van der Waals surface area contributed by atoms with Crippen LogP contribution in [0, 0.1) is 0 Å². The second kappa shape index (κ2) is 4.31. The van der Waals surface area contributed by atoms with Crippen molar-refractivity contribution in [2.75, 3.05) is 0 Å². The maximum atomic E-state index is 5.87. The number of hydrogen-bond acceptors (Lipinski definition) is 3. The molecule has 0 aromatic carbocycles. The van der Waals surface area contributed by atoms with Gasteiger partial charge in [-0.15, -0.1) is 0 Å². The number of pyridine rings is 1. The predicted octanol–water partition coefficient (Wildman–Crippen LogP) is 2.48. The van der Waals surface area contributed by atoms with Gasteiger partial charge in [0.25, 0.3) is 0 Å². The molecule has 18 heavy (non-hydrogen) atoms. The van der Waals surface area contributed by atoms with E-state index in [1.165, 1.54) is 0 Å². The smallest absolute Gasteiger partial charge is 0.181 e. The summed E-state index contributed by atoms with van der Waals surface area (Å²) in [5, 5.41) is 0. The van der Waals surface area contributed by atoms with E-state index in [4.69, 9.17) is 10.2 Å². The van der Waals surface area contributed by atoms with Crippen molar-refractivity contribution in [2.45, 2.75) is 19.4 Å². The van der Waals surface area contributed by atoms with Crippen LogP contribution in [0.3, 0.4) is 0 Å². The van der Waals surface area contributed by atoms with Crippen LogP contribution in [0.15, 0.2) is 47.2 Å². The fraction of sp³-hybridized carbons (Fsp3) is 0.214. The minimum atomic E-state index is 0.0911. The molecule has 4 nitrogen and oxygen atoms in total. The van der Waals surface area contributed by atoms with E-state index in [1.54, 1.807) is 6.26 Å². The number of rotatable bonds is 3. The lowest BCUT2D eigenvalue weighted by molar-refractivity contribution is 0.576. The van der Waals surface area contributed by atoms with Crippen molar-refractivity contribution in [3.63, 3.8) is 0 Å². The molecule has 0 aliphatic rings. The Morgan fingerprint density at radius 1 is 1.33 bits per heavy atom. The van der Waals surface area contributed by atoms with Crippen molar-refractivity contribution in [3.8, 4) is 11.6 Å². The number of hydrogen-bond donors (Lipinski definition) is 1. The summed E-state index contributed by atoms with van der Waals surface area (Å²) in [5.74, 6) is 1.60. The zero-order valence-electron chi connectivity index (χ0n) is 10.2. The summed E-state index contributed by atoms with van der Waals surface area (Å²) in [4.78, 5) is 4.66. The Morgan fingerprint density at radius 3 is 2.94 bits per heavy atom. The summed E-state index contributed by atoms with van der Waals surface area (Å²) >= 11 is 0. The van der Waals surface area contributed by atoms with Crippen LogP contribution in [0.4, 0.5) is 0 Å². The fourth-order valence-electron chi connectivity index (χ4n) is 2.14. The Balaban J connectivity index is 2.21. The molecule has 0 aliphatic carbocycles. The van der Waals surface area contributed by atoms with Gasteiger partial charge in [-0.3, -0.25) is 4.40 Å². The van der Waals surface area contributed by atoms with Crippen molar-refractivity contribution in [1.82, 2.24) is 9.38 Å². The molecule has 92 valence electrons. The van der Waals surface area contributed by atoms with Gasteiger partial charge in [0.1, 0.15) is 0 Å². The number of nitrogens with zero attached hydrogens (tertiary/aromatic N) is 2. The third-order valence-electron chi connectivity index (χ3n) is 2.88. The minimum absolute atomic E-state index is 0.0911. The molecular weight excluding hydrogens is 226 g/mol. The number of furan rings is 1. The Hall–Kier alpha value is -2.07. The molecule has 1 atom stereocenters. The Labute approximate surface area is 105 Å². The van der Waals surface area contributed by atoms with Gasteiger partial charge in [0.05, 0.1) is 17.5 Å². The van der Waals surface area contributed by atoms with E-state index in [-0.39, 0.29) is 6.04 Å². The van der Waals surface area contributed by atoms with Gasteiger partial charge in [0.2, 0.25) is 0 Å². The Bertz CT molecular complexity index is 653. The second-order valence-electron chi connectivity index (χ2n) is 4.50. The van der Waals surface area contributed by atoms with E-state index in [2.05, 4.69) is 11.1 Å². The van der Waals surface area contributed by atoms with Crippen molar-refractivity contribution in [2.24, 2.45) is 5.73 Å². The minimum Gasteiger partial charge on any atom is -0.461 e. The molecule has 0 aliphatic heterocycles. The molecule has 3 heterocycles. The molecule has 0 saturated heterocycles. The van der Waals surface area contributed by atoms with Crippen molar-refractivity contribution >= 4 is 5.52 Å². The molecule has 1 unspecified atom stereocenters. The van der Waals surface area contributed by atoms with Crippen LogP contribution < -0.4 is 5.73 Å². The van der Waals surface area contributed by atoms with Gasteiger partial charge in [0, 0.05) is 18.7 Å². The number of imidazole rings is 1. The summed E-state index contributed by atoms with van der Waals surface area (Å²) in [6, 6.07) is 9.91. The monoisotopic (exact) mass is 241 g/mol. The topological polar surface area (TPSA) is 56.5 Å². The van der Waals surface area contributed by atoms with Crippen LogP contribution in [0.5, 0.6) is 0 Å². The molecule has 0 spiro atoms. The molecule has 3 aromatic heterocycles. The second-order valence-corrected chi connectivity index (χ2v) is 4.50. The number of aromatic nitrogens is 2. The highest BCUT2D eigenvalue weighted by Crippen LogP contribution is 2.23. The van der Waals surface area contributed by atoms with E-state index < -0.39 is 0 Å². The first-order chi connectivity index (χ1) is 8.75. The van der Waals surface area contributed by atoms with Gasteiger partial charge >= 0.3 is 0 Å². The van der Waals surface area contributed by atoms with Crippen molar-refractivity contribution < 1.29 is 4.42 Å². The quantitative estimate of drug-likeness (QED) is 0.766. The maximum Gasteiger partial charge on any atom is 0.181 e. The molecule has 3 aromatic rings. The fourth-order valence-corrected chi connectivity index (χ4v) is 2.14. The average molecular weight is 241 g/mol. The van der Waals surface area contributed by atoms with E-state index in [0.29, 0.717) is 0 Å². The predicted molar refractivity (Wildman–Crippen MR) is 70.2 cm³/mol. The van der Waals surface area contributed by atoms with Crippen LogP contribution in [0.2, 0.25) is 0 Å². The van der Waals surface area contributed by atoms with E-state index >= 15 is 0 Å². The van der Waals surface area contributed by atoms with E-state index in [9.17, 15) is 0 Å². The highest BCUT2D eigenvalue weighted by Gasteiger charge is 2.14. The van der Waals surface area contributed by atoms with Crippen molar-refractivity contribution in [3.05, 3.63) is 48.5 Å². The largest absolute Gasteiger partial charge is 0.461 e. The number of fused-ring (bicyclic) bond motifs is 1. The van der Waals surface area contributed by atoms with Crippen LogP contribution in [0.25, 0.3) is 17.1 Å². The standard InChI is InChI=1S/C14H15N3O/c1-10(15)9-11-12-5-2-3-7-17(12)14(16-11)13-6-4-8-18-13/h2-8,10H,9,15H2,1H3. The first-order valence-electron chi connectivity index (χ1n) is 6.01. The first-order valence-corrected chi connectivity index (χ1v) is 6.01. The maximum absolute atomic E-state index is 5.87. The highest BCUT2D eigenvalue weighted by molar-refractivity contribution is 5.62. The molecule has 0 bridgehead atoms. The van der Waals surface area contributed by atoms with Gasteiger partial charge in [-0.25, -0.2) is 4.98 Å². The normalized spacial score (nSPS) is 13.0. The molecule has 0 radical (unpaired) electrons. The van der Waals surface area contributed by atoms with E-state index in [1.807, 2.05) is 41.8 Å². The third kappa shape index (κ3) is 1.80. The summed E-state index contributed by atoms with van der Waals surface area (Å²) in [6.07, 6.45) is 4.41.